The summed E-state index contributed by atoms with van der Waals surface area (Å²) < 4.78 is 17.5. The van der Waals surface area contributed by atoms with Gasteiger partial charge in [-0.25, -0.2) is 14.6 Å². The molecule has 0 saturated carbocycles. The Morgan fingerprint density at radius 3 is 2.78 bits per heavy atom. The van der Waals surface area contributed by atoms with Crippen LogP contribution < -0.4 is 20.3 Å². The van der Waals surface area contributed by atoms with Crippen LogP contribution >= 0.6 is 0 Å². The second-order valence-electron chi connectivity index (χ2n) is 7.33. The summed E-state index contributed by atoms with van der Waals surface area (Å²) in [6, 6.07) is 4.91. The lowest BCUT2D eigenvalue weighted by molar-refractivity contribution is 0.0169. The Bertz CT molecular complexity index is 1130. The summed E-state index contributed by atoms with van der Waals surface area (Å²) in [5.74, 6) is 0.768. The zero-order valence-corrected chi connectivity index (χ0v) is 18.0. The van der Waals surface area contributed by atoms with Gasteiger partial charge in [-0.3, -0.25) is 14.7 Å². The number of nitrogens with zero attached hydrogens (tertiary/aromatic N) is 3. The van der Waals surface area contributed by atoms with E-state index >= 15 is 0 Å². The van der Waals surface area contributed by atoms with E-state index in [4.69, 9.17) is 14.2 Å². The summed E-state index contributed by atoms with van der Waals surface area (Å²) in [6.07, 6.45) is 7.72. The lowest BCUT2D eigenvalue weighted by Crippen LogP contribution is -2.35. The predicted molar refractivity (Wildman–Crippen MR) is 116 cm³/mol. The molecule has 1 amide bonds. The van der Waals surface area contributed by atoms with Crippen molar-refractivity contribution in [2.75, 3.05) is 27.4 Å². The van der Waals surface area contributed by atoms with E-state index < -0.39 is 0 Å². The van der Waals surface area contributed by atoms with E-state index in [9.17, 15) is 9.59 Å². The molecule has 1 fully saturated rings. The highest BCUT2D eigenvalue weighted by Crippen LogP contribution is 2.34. The summed E-state index contributed by atoms with van der Waals surface area (Å²) in [6.45, 7) is 1.21. The zero-order valence-electron chi connectivity index (χ0n) is 18.0. The van der Waals surface area contributed by atoms with Crippen molar-refractivity contribution in [2.45, 2.75) is 25.4 Å². The quantitative estimate of drug-likeness (QED) is 0.577. The van der Waals surface area contributed by atoms with Crippen molar-refractivity contribution in [1.29, 1.82) is 0 Å². The van der Waals surface area contributed by atoms with Crippen LogP contribution in [-0.4, -0.2) is 59.1 Å². The van der Waals surface area contributed by atoms with E-state index in [1.165, 1.54) is 31.3 Å². The van der Waals surface area contributed by atoms with Gasteiger partial charge in [0, 0.05) is 37.3 Å². The average molecular weight is 439 g/mol. The van der Waals surface area contributed by atoms with E-state index in [1.807, 2.05) is 0 Å². The Labute approximate surface area is 184 Å². The number of hydrogen-bond donors (Lipinski definition) is 2. The van der Waals surface area contributed by atoms with Gasteiger partial charge < -0.3 is 19.5 Å². The number of carbonyl (C=O) groups excluding carboxylic acids is 1. The third-order valence-corrected chi connectivity index (χ3v) is 5.33. The van der Waals surface area contributed by atoms with Crippen LogP contribution in [0.2, 0.25) is 0 Å². The van der Waals surface area contributed by atoms with E-state index in [2.05, 4.69) is 20.4 Å². The maximum absolute atomic E-state index is 13.0. The minimum absolute atomic E-state index is 0.0552. The van der Waals surface area contributed by atoms with Crippen LogP contribution in [0.15, 0.2) is 41.6 Å². The molecule has 1 aliphatic rings. The lowest BCUT2D eigenvalue weighted by atomic mass is 10.1. The standard InChI is InChI=1S/C22H25N5O5/c1-30-19-16(8-9-23-21(19)31-2)17-13-26-27(22(17)29)18-7-6-14(11-24-18)20(28)25-12-15-5-3-4-10-32-15/h6-9,11,13,15,26H,3-5,10,12H2,1-2H3,(H,25,28). The van der Waals surface area contributed by atoms with Gasteiger partial charge in [0.25, 0.3) is 17.3 Å². The fraction of sp³-hybridized carbons (Fsp3) is 0.364. The molecule has 0 radical (unpaired) electrons. The minimum atomic E-state index is -0.323. The zero-order chi connectivity index (χ0) is 22.5. The van der Waals surface area contributed by atoms with Gasteiger partial charge in [-0.2, -0.15) is 0 Å². The highest BCUT2D eigenvalue weighted by atomic mass is 16.5. The Hall–Kier alpha value is -3.66. The van der Waals surface area contributed by atoms with E-state index in [1.54, 1.807) is 24.4 Å². The SMILES string of the molecule is COc1nccc(-c2c[nH]n(-c3ccc(C(=O)NCC4CCCCO4)cn3)c2=O)c1OC. The Balaban J connectivity index is 1.51. The molecule has 0 bridgehead atoms. The van der Waals surface area contributed by atoms with Crippen molar-refractivity contribution < 1.29 is 19.0 Å². The molecule has 1 unspecified atom stereocenters. The molecule has 3 aromatic rings. The second kappa shape index (κ2) is 9.65. The molecule has 10 nitrogen and oxygen atoms in total. The van der Waals surface area contributed by atoms with Crippen molar-refractivity contribution >= 4 is 5.91 Å². The minimum Gasteiger partial charge on any atom is -0.491 e. The summed E-state index contributed by atoms with van der Waals surface area (Å²) >= 11 is 0. The van der Waals surface area contributed by atoms with Crippen LogP contribution in [0, 0.1) is 0 Å². The Morgan fingerprint density at radius 1 is 1.22 bits per heavy atom. The number of H-pyrrole nitrogens is 1. The maximum Gasteiger partial charge on any atom is 0.280 e. The van der Waals surface area contributed by atoms with Gasteiger partial charge in [0.2, 0.25) is 0 Å². The first-order chi connectivity index (χ1) is 15.6. The first-order valence-electron chi connectivity index (χ1n) is 10.4. The number of pyridine rings is 2. The molecule has 3 aromatic heterocycles. The Kier molecular flexibility index (Phi) is 6.50. The second-order valence-corrected chi connectivity index (χ2v) is 7.33. The summed E-state index contributed by atoms with van der Waals surface area (Å²) in [5.41, 5.74) is 1.000. The predicted octanol–water partition coefficient (Wildman–Crippen LogP) is 1.94. The van der Waals surface area contributed by atoms with Crippen LogP contribution in [0.4, 0.5) is 0 Å². The number of rotatable bonds is 7. The molecule has 10 heteroatoms. The fourth-order valence-corrected chi connectivity index (χ4v) is 3.65. The first-order valence-corrected chi connectivity index (χ1v) is 10.4. The normalized spacial score (nSPS) is 15.9. The van der Waals surface area contributed by atoms with Crippen molar-refractivity contribution in [1.82, 2.24) is 25.1 Å². The summed E-state index contributed by atoms with van der Waals surface area (Å²) in [5, 5.41) is 5.78. The number of ether oxygens (including phenoxy) is 3. The molecular weight excluding hydrogens is 414 g/mol. The molecule has 2 N–H and O–H groups in total. The molecular formula is C22H25N5O5. The number of aromatic amines is 1. The highest BCUT2D eigenvalue weighted by molar-refractivity contribution is 5.93. The van der Waals surface area contributed by atoms with E-state index in [0.29, 0.717) is 34.8 Å². The fourth-order valence-electron chi connectivity index (χ4n) is 3.65. The number of aromatic nitrogens is 4. The molecule has 1 saturated heterocycles. The van der Waals surface area contributed by atoms with Crippen molar-refractivity contribution in [3.05, 3.63) is 52.7 Å². The molecule has 168 valence electrons. The van der Waals surface area contributed by atoms with Crippen molar-refractivity contribution in [3.63, 3.8) is 0 Å². The van der Waals surface area contributed by atoms with Crippen molar-refractivity contribution in [2.24, 2.45) is 0 Å². The first kappa shape index (κ1) is 21.6. The number of hydrogen-bond acceptors (Lipinski definition) is 7. The van der Waals surface area contributed by atoms with Crippen LogP contribution in [0.25, 0.3) is 16.9 Å². The number of amides is 1. The van der Waals surface area contributed by atoms with Gasteiger partial charge >= 0.3 is 0 Å². The third kappa shape index (κ3) is 4.35. The van der Waals surface area contributed by atoms with Gasteiger partial charge in [-0.1, -0.05) is 0 Å². The Morgan fingerprint density at radius 2 is 2.09 bits per heavy atom. The van der Waals surface area contributed by atoms with Gasteiger partial charge in [-0.05, 0) is 37.5 Å². The topological polar surface area (TPSA) is 120 Å². The van der Waals surface area contributed by atoms with Gasteiger partial charge in [0.1, 0.15) is 0 Å². The smallest absolute Gasteiger partial charge is 0.280 e. The monoisotopic (exact) mass is 439 g/mol. The van der Waals surface area contributed by atoms with Gasteiger partial charge in [-0.15, -0.1) is 0 Å². The third-order valence-electron chi connectivity index (χ3n) is 5.33. The summed E-state index contributed by atoms with van der Waals surface area (Å²) in [4.78, 5) is 33.8. The van der Waals surface area contributed by atoms with Crippen molar-refractivity contribution in [3.8, 4) is 28.6 Å². The maximum atomic E-state index is 13.0. The molecule has 0 spiro atoms. The molecule has 0 aliphatic carbocycles. The van der Waals surface area contributed by atoms with E-state index in [0.717, 1.165) is 25.9 Å². The van der Waals surface area contributed by atoms with Gasteiger partial charge in [0.05, 0.1) is 31.5 Å². The van der Waals surface area contributed by atoms with Gasteiger partial charge in [0.15, 0.2) is 11.6 Å². The molecule has 1 aliphatic heterocycles. The average Bonchev–Trinajstić information content (AvgIpc) is 3.23. The molecule has 4 heterocycles. The summed E-state index contributed by atoms with van der Waals surface area (Å²) in [7, 11) is 2.97. The van der Waals surface area contributed by atoms with Crippen LogP contribution in [0.1, 0.15) is 29.6 Å². The van der Waals surface area contributed by atoms with Crippen LogP contribution in [0.3, 0.4) is 0 Å². The molecule has 0 aromatic carbocycles. The molecule has 4 rings (SSSR count). The van der Waals surface area contributed by atoms with E-state index in [-0.39, 0.29) is 23.5 Å². The number of nitrogens with one attached hydrogen (secondary N) is 2. The number of carbonyl (C=O) groups is 1. The highest BCUT2D eigenvalue weighted by Gasteiger charge is 2.19. The largest absolute Gasteiger partial charge is 0.491 e. The molecule has 1 atom stereocenters. The van der Waals surface area contributed by atoms with Crippen LogP contribution in [0.5, 0.6) is 11.6 Å². The lowest BCUT2D eigenvalue weighted by Gasteiger charge is -2.22. The van der Waals surface area contributed by atoms with Crippen LogP contribution in [-0.2, 0) is 4.74 Å². The molecule has 32 heavy (non-hydrogen) atoms. The number of methoxy groups -OCH3 is 2.